The van der Waals surface area contributed by atoms with Crippen molar-refractivity contribution in [2.75, 3.05) is 6.54 Å². The molecule has 0 saturated carbocycles. The average molecular weight is 237 g/mol. The van der Waals surface area contributed by atoms with Crippen LogP contribution in [-0.2, 0) is 16.0 Å². The number of carbonyl (C=O) groups excluding carboxylic acids is 1. The fourth-order valence-corrected chi connectivity index (χ4v) is 1.37. The van der Waals surface area contributed by atoms with Crippen molar-refractivity contribution in [1.82, 2.24) is 5.32 Å². The Morgan fingerprint density at radius 2 is 2.12 bits per heavy atom. The Hall–Kier alpha value is -1.88. The van der Waals surface area contributed by atoms with Crippen LogP contribution < -0.4 is 5.32 Å². The molecule has 0 aliphatic carbocycles. The zero-order chi connectivity index (χ0) is 12.8. The maximum Gasteiger partial charge on any atom is 0.334 e. The number of aliphatic hydroxyl groups is 1. The molecule has 0 fully saturated rings. The largest absolute Gasteiger partial charge is 0.479 e. The standard InChI is InChI=1S/C12H15NO4/c1-8-3-2-4-9(5-8)6-11(15)13-7-10(14)12(16)17/h2-5,10,14H,6-7H2,1H3,(H,13,15)(H,16,17). The van der Waals surface area contributed by atoms with Gasteiger partial charge in [0.25, 0.3) is 0 Å². The molecule has 0 bridgehead atoms. The SMILES string of the molecule is Cc1cccc(CC(=O)NCC(O)C(=O)O)c1. The van der Waals surface area contributed by atoms with E-state index in [1.54, 1.807) is 0 Å². The van der Waals surface area contributed by atoms with Crippen molar-refractivity contribution in [2.24, 2.45) is 0 Å². The predicted octanol–water partition coefficient (Wildman–Crippen LogP) is 0.0992. The van der Waals surface area contributed by atoms with Gasteiger partial charge in [-0.1, -0.05) is 29.8 Å². The molecule has 1 amide bonds. The molecule has 1 aromatic carbocycles. The van der Waals surface area contributed by atoms with E-state index < -0.39 is 12.1 Å². The molecule has 1 unspecified atom stereocenters. The van der Waals surface area contributed by atoms with Gasteiger partial charge in [-0.2, -0.15) is 0 Å². The first-order chi connectivity index (χ1) is 7.99. The van der Waals surface area contributed by atoms with Crippen LogP contribution in [0.3, 0.4) is 0 Å². The molecular weight excluding hydrogens is 222 g/mol. The van der Waals surface area contributed by atoms with E-state index in [-0.39, 0.29) is 18.9 Å². The predicted molar refractivity (Wildman–Crippen MR) is 61.5 cm³/mol. The molecule has 0 spiro atoms. The third kappa shape index (κ3) is 4.65. The molecule has 0 aliphatic rings. The maximum atomic E-state index is 11.4. The fourth-order valence-electron chi connectivity index (χ4n) is 1.37. The Labute approximate surface area is 99.1 Å². The monoisotopic (exact) mass is 237 g/mol. The summed E-state index contributed by atoms with van der Waals surface area (Å²) in [7, 11) is 0. The Kier molecular flexibility index (Phi) is 4.66. The molecule has 92 valence electrons. The van der Waals surface area contributed by atoms with Crippen LogP contribution in [0.2, 0.25) is 0 Å². The number of carboxylic acids is 1. The van der Waals surface area contributed by atoms with Gasteiger partial charge in [-0.15, -0.1) is 0 Å². The number of hydrogen-bond acceptors (Lipinski definition) is 3. The van der Waals surface area contributed by atoms with Crippen LogP contribution in [0.1, 0.15) is 11.1 Å². The first-order valence-electron chi connectivity index (χ1n) is 5.22. The molecule has 5 nitrogen and oxygen atoms in total. The Morgan fingerprint density at radius 3 is 2.71 bits per heavy atom. The van der Waals surface area contributed by atoms with E-state index >= 15 is 0 Å². The normalized spacial score (nSPS) is 11.9. The lowest BCUT2D eigenvalue weighted by Gasteiger charge is -2.08. The number of benzene rings is 1. The summed E-state index contributed by atoms with van der Waals surface area (Å²) < 4.78 is 0. The number of rotatable bonds is 5. The van der Waals surface area contributed by atoms with Crippen molar-refractivity contribution in [3.63, 3.8) is 0 Å². The van der Waals surface area contributed by atoms with Crippen LogP contribution in [-0.4, -0.2) is 34.7 Å². The minimum absolute atomic E-state index is 0.175. The molecule has 0 aliphatic heterocycles. The van der Waals surface area contributed by atoms with Gasteiger partial charge in [0.1, 0.15) is 0 Å². The molecular formula is C12H15NO4. The Balaban J connectivity index is 2.42. The average Bonchev–Trinajstić information content (AvgIpc) is 2.25. The van der Waals surface area contributed by atoms with E-state index in [1.165, 1.54) is 0 Å². The minimum atomic E-state index is -1.56. The second-order valence-corrected chi connectivity index (χ2v) is 3.82. The van der Waals surface area contributed by atoms with Gasteiger partial charge in [0.2, 0.25) is 5.91 Å². The third-order valence-electron chi connectivity index (χ3n) is 2.22. The van der Waals surface area contributed by atoms with E-state index in [2.05, 4.69) is 5.32 Å². The quantitative estimate of drug-likeness (QED) is 0.678. The molecule has 0 radical (unpaired) electrons. The maximum absolute atomic E-state index is 11.4. The van der Waals surface area contributed by atoms with Crippen LogP contribution in [0.25, 0.3) is 0 Å². The lowest BCUT2D eigenvalue weighted by molar-refractivity contribution is -0.146. The minimum Gasteiger partial charge on any atom is -0.479 e. The van der Waals surface area contributed by atoms with Crippen LogP contribution in [0.5, 0.6) is 0 Å². The highest BCUT2D eigenvalue weighted by Crippen LogP contribution is 2.04. The summed E-state index contributed by atoms with van der Waals surface area (Å²) in [4.78, 5) is 21.7. The number of aryl methyl sites for hydroxylation is 1. The molecule has 3 N–H and O–H groups in total. The molecule has 0 aromatic heterocycles. The van der Waals surface area contributed by atoms with Crippen LogP contribution in [0.4, 0.5) is 0 Å². The van der Waals surface area contributed by atoms with Crippen molar-refractivity contribution < 1.29 is 19.8 Å². The highest BCUT2D eigenvalue weighted by atomic mass is 16.4. The van der Waals surface area contributed by atoms with E-state index in [0.29, 0.717) is 0 Å². The smallest absolute Gasteiger partial charge is 0.334 e. The zero-order valence-electron chi connectivity index (χ0n) is 9.51. The second kappa shape index (κ2) is 6.00. The fraction of sp³-hybridized carbons (Fsp3) is 0.333. The van der Waals surface area contributed by atoms with Crippen molar-refractivity contribution in [3.8, 4) is 0 Å². The summed E-state index contributed by atoms with van der Waals surface area (Å²) in [6.07, 6.45) is -1.38. The summed E-state index contributed by atoms with van der Waals surface area (Å²) in [5.41, 5.74) is 1.91. The van der Waals surface area contributed by atoms with Crippen molar-refractivity contribution in [2.45, 2.75) is 19.4 Å². The highest BCUT2D eigenvalue weighted by molar-refractivity contribution is 5.80. The summed E-state index contributed by atoms with van der Waals surface area (Å²) in [6, 6.07) is 7.48. The summed E-state index contributed by atoms with van der Waals surface area (Å²) in [5.74, 6) is -1.66. The van der Waals surface area contributed by atoms with E-state index in [4.69, 9.17) is 10.2 Å². The van der Waals surface area contributed by atoms with Crippen molar-refractivity contribution >= 4 is 11.9 Å². The lowest BCUT2D eigenvalue weighted by Crippen LogP contribution is -2.37. The highest BCUT2D eigenvalue weighted by Gasteiger charge is 2.14. The van der Waals surface area contributed by atoms with Crippen LogP contribution >= 0.6 is 0 Å². The van der Waals surface area contributed by atoms with Gasteiger partial charge in [0, 0.05) is 0 Å². The van der Waals surface area contributed by atoms with Gasteiger partial charge < -0.3 is 15.5 Å². The van der Waals surface area contributed by atoms with Gasteiger partial charge >= 0.3 is 5.97 Å². The molecule has 17 heavy (non-hydrogen) atoms. The number of carbonyl (C=O) groups is 2. The van der Waals surface area contributed by atoms with E-state index in [9.17, 15) is 9.59 Å². The number of aliphatic hydroxyl groups excluding tert-OH is 1. The Morgan fingerprint density at radius 1 is 1.41 bits per heavy atom. The summed E-state index contributed by atoms with van der Waals surface area (Å²) >= 11 is 0. The number of carboxylic acid groups (broad SMARTS) is 1. The first-order valence-corrected chi connectivity index (χ1v) is 5.22. The van der Waals surface area contributed by atoms with E-state index in [1.807, 2.05) is 31.2 Å². The van der Waals surface area contributed by atoms with Crippen LogP contribution in [0, 0.1) is 6.92 Å². The number of aliphatic carboxylic acids is 1. The number of amides is 1. The molecule has 5 heteroatoms. The number of hydrogen-bond donors (Lipinski definition) is 3. The van der Waals surface area contributed by atoms with Gasteiger partial charge in [-0.3, -0.25) is 4.79 Å². The number of nitrogens with one attached hydrogen (secondary N) is 1. The molecule has 0 saturated heterocycles. The third-order valence-corrected chi connectivity index (χ3v) is 2.22. The summed E-state index contributed by atoms with van der Waals surface area (Å²) in [6.45, 7) is 1.65. The lowest BCUT2D eigenvalue weighted by atomic mass is 10.1. The molecule has 0 heterocycles. The van der Waals surface area contributed by atoms with Crippen molar-refractivity contribution in [1.29, 1.82) is 0 Å². The van der Waals surface area contributed by atoms with Gasteiger partial charge in [-0.05, 0) is 12.5 Å². The van der Waals surface area contributed by atoms with Gasteiger partial charge in [0.05, 0.1) is 13.0 Å². The Bertz CT molecular complexity index is 417. The van der Waals surface area contributed by atoms with E-state index in [0.717, 1.165) is 11.1 Å². The van der Waals surface area contributed by atoms with Gasteiger partial charge in [-0.25, -0.2) is 4.79 Å². The summed E-state index contributed by atoms with van der Waals surface area (Å²) in [5, 5.41) is 19.8. The molecule has 1 atom stereocenters. The molecule has 1 rings (SSSR count). The van der Waals surface area contributed by atoms with Crippen LogP contribution in [0.15, 0.2) is 24.3 Å². The second-order valence-electron chi connectivity index (χ2n) is 3.82. The van der Waals surface area contributed by atoms with Gasteiger partial charge in [0.15, 0.2) is 6.10 Å². The van der Waals surface area contributed by atoms with Crippen molar-refractivity contribution in [3.05, 3.63) is 35.4 Å². The topological polar surface area (TPSA) is 86.6 Å². The first kappa shape index (κ1) is 13.2. The zero-order valence-corrected chi connectivity index (χ0v) is 9.51. The molecule has 1 aromatic rings.